The average Bonchev–Trinajstić information content (AvgIpc) is 2.48. The molecule has 4 heteroatoms. The van der Waals surface area contributed by atoms with Crippen molar-refractivity contribution in [1.82, 2.24) is 10.2 Å². The maximum Gasteiger partial charge on any atom is 0.231 e. The van der Waals surface area contributed by atoms with Crippen LogP contribution in [0.1, 0.15) is 32.0 Å². The molecular formula is C8H13ClN2O. The van der Waals surface area contributed by atoms with E-state index >= 15 is 0 Å². The van der Waals surface area contributed by atoms with Crippen LogP contribution in [-0.4, -0.2) is 10.2 Å². The summed E-state index contributed by atoms with van der Waals surface area (Å²) in [6, 6.07) is 0. The predicted octanol–water partition coefficient (Wildman–Crippen LogP) is 2.40. The van der Waals surface area contributed by atoms with Crippen LogP contribution in [0.5, 0.6) is 0 Å². The van der Waals surface area contributed by atoms with Crippen LogP contribution in [0.3, 0.4) is 0 Å². The van der Waals surface area contributed by atoms with Crippen LogP contribution in [0, 0.1) is 5.92 Å². The zero-order valence-corrected chi connectivity index (χ0v) is 8.14. The molecule has 0 atom stereocenters. The minimum atomic E-state index is 0.300. The number of hydrogen-bond acceptors (Lipinski definition) is 3. The van der Waals surface area contributed by atoms with E-state index in [9.17, 15) is 0 Å². The summed E-state index contributed by atoms with van der Waals surface area (Å²) in [7, 11) is 0. The third-order valence-electron chi connectivity index (χ3n) is 1.56. The molecule has 3 nitrogen and oxygen atoms in total. The summed E-state index contributed by atoms with van der Waals surface area (Å²) in [6.45, 7) is 4.33. The van der Waals surface area contributed by atoms with E-state index in [0.29, 0.717) is 23.6 Å². The van der Waals surface area contributed by atoms with Crippen molar-refractivity contribution in [2.24, 2.45) is 5.92 Å². The van der Waals surface area contributed by atoms with Crippen LogP contribution in [0.25, 0.3) is 0 Å². The molecule has 1 aromatic heterocycles. The molecule has 0 radical (unpaired) electrons. The van der Waals surface area contributed by atoms with E-state index in [1.54, 1.807) is 0 Å². The first kappa shape index (κ1) is 9.52. The number of halogens is 1. The van der Waals surface area contributed by atoms with Gasteiger partial charge in [-0.15, -0.1) is 21.8 Å². The molecule has 0 bridgehead atoms. The molecule has 68 valence electrons. The minimum absolute atomic E-state index is 0.300. The van der Waals surface area contributed by atoms with Crippen molar-refractivity contribution >= 4 is 11.6 Å². The Morgan fingerprint density at radius 3 is 2.50 bits per heavy atom. The van der Waals surface area contributed by atoms with Gasteiger partial charge in [0.15, 0.2) is 0 Å². The van der Waals surface area contributed by atoms with Gasteiger partial charge in [-0.1, -0.05) is 13.8 Å². The van der Waals surface area contributed by atoms with Gasteiger partial charge in [-0.2, -0.15) is 0 Å². The van der Waals surface area contributed by atoms with Crippen LogP contribution in [0.4, 0.5) is 0 Å². The van der Waals surface area contributed by atoms with Crippen LogP contribution >= 0.6 is 11.6 Å². The summed E-state index contributed by atoms with van der Waals surface area (Å²) < 4.78 is 5.23. The fourth-order valence-corrected chi connectivity index (χ4v) is 0.964. The number of nitrogens with zero attached hydrogens (tertiary/aromatic N) is 2. The molecule has 0 aromatic carbocycles. The molecular weight excluding hydrogens is 176 g/mol. The second-order valence-electron chi connectivity index (χ2n) is 3.16. The second-order valence-corrected chi connectivity index (χ2v) is 3.42. The Balaban J connectivity index is 2.41. The molecule has 0 saturated heterocycles. The first-order chi connectivity index (χ1) is 5.72. The Hall–Kier alpha value is -0.570. The highest BCUT2D eigenvalue weighted by Gasteiger charge is 2.04. The van der Waals surface area contributed by atoms with Crippen molar-refractivity contribution < 1.29 is 4.42 Å². The quantitative estimate of drug-likeness (QED) is 0.682. The maximum absolute atomic E-state index is 5.51. The summed E-state index contributed by atoms with van der Waals surface area (Å²) in [5.41, 5.74) is 0. The molecule has 0 fully saturated rings. The van der Waals surface area contributed by atoms with Gasteiger partial charge in [0.05, 0.1) is 0 Å². The van der Waals surface area contributed by atoms with E-state index in [1.807, 2.05) is 0 Å². The van der Waals surface area contributed by atoms with Gasteiger partial charge in [-0.3, -0.25) is 0 Å². The Labute approximate surface area is 77.1 Å². The zero-order chi connectivity index (χ0) is 8.97. The summed E-state index contributed by atoms with van der Waals surface area (Å²) >= 11 is 5.51. The van der Waals surface area contributed by atoms with Gasteiger partial charge in [0.25, 0.3) is 0 Å². The van der Waals surface area contributed by atoms with E-state index in [-0.39, 0.29) is 0 Å². The summed E-state index contributed by atoms with van der Waals surface area (Å²) in [5, 5.41) is 7.62. The Morgan fingerprint density at radius 2 is 2.00 bits per heavy atom. The van der Waals surface area contributed by atoms with Gasteiger partial charge in [-0.25, -0.2) is 0 Å². The van der Waals surface area contributed by atoms with Crippen molar-refractivity contribution in [3.05, 3.63) is 11.8 Å². The number of rotatable bonds is 4. The third kappa shape index (κ3) is 2.81. The number of aromatic nitrogens is 2. The molecule has 1 rings (SSSR count). The first-order valence-electron chi connectivity index (χ1n) is 4.09. The van der Waals surface area contributed by atoms with Gasteiger partial charge in [0, 0.05) is 6.42 Å². The predicted molar refractivity (Wildman–Crippen MR) is 47.0 cm³/mol. The fourth-order valence-electron chi connectivity index (χ4n) is 0.856. The van der Waals surface area contributed by atoms with E-state index in [2.05, 4.69) is 24.0 Å². The zero-order valence-electron chi connectivity index (χ0n) is 7.38. The molecule has 0 amide bonds. The highest BCUT2D eigenvalue weighted by Crippen LogP contribution is 2.08. The van der Waals surface area contributed by atoms with Crippen LogP contribution in [-0.2, 0) is 12.3 Å². The molecule has 0 unspecified atom stereocenters. The van der Waals surface area contributed by atoms with Crippen molar-refractivity contribution in [3.8, 4) is 0 Å². The van der Waals surface area contributed by atoms with Crippen molar-refractivity contribution in [1.29, 1.82) is 0 Å². The number of hydrogen-bond donors (Lipinski definition) is 0. The first-order valence-corrected chi connectivity index (χ1v) is 4.63. The van der Waals surface area contributed by atoms with Gasteiger partial charge in [0.2, 0.25) is 11.8 Å². The summed E-state index contributed by atoms with van der Waals surface area (Å²) in [6.07, 6.45) is 1.92. The highest BCUT2D eigenvalue weighted by atomic mass is 35.5. The average molecular weight is 189 g/mol. The lowest BCUT2D eigenvalue weighted by Gasteiger charge is -1.98. The smallest absolute Gasteiger partial charge is 0.231 e. The lowest BCUT2D eigenvalue weighted by atomic mass is 10.1. The van der Waals surface area contributed by atoms with Crippen LogP contribution < -0.4 is 0 Å². The molecule has 0 spiro atoms. The van der Waals surface area contributed by atoms with Gasteiger partial charge < -0.3 is 4.42 Å². The SMILES string of the molecule is CC(C)CCc1nnc(CCl)o1. The van der Waals surface area contributed by atoms with Crippen molar-refractivity contribution in [2.45, 2.75) is 32.6 Å². The molecule has 0 N–H and O–H groups in total. The normalized spacial score (nSPS) is 11.0. The van der Waals surface area contributed by atoms with Gasteiger partial charge in [-0.05, 0) is 12.3 Å². The van der Waals surface area contributed by atoms with Crippen LogP contribution in [0.2, 0.25) is 0 Å². The Morgan fingerprint density at radius 1 is 1.33 bits per heavy atom. The number of aryl methyl sites for hydroxylation is 1. The second kappa shape index (κ2) is 4.45. The third-order valence-corrected chi connectivity index (χ3v) is 1.79. The summed E-state index contributed by atoms with van der Waals surface area (Å²) in [5.74, 6) is 2.17. The van der Waals surface area contributed by atoms with E-state index in [4.69, 9.17) is 16.0 Å². The number of alkyl halides is 1. The maximum atomic E-state index is 5.51. The largest absolute Gasteiger partial charge is 0.424 e. The highest BCUT2D eigenvalue weighted by molar-refractivity contribution is 6.16. The van der Waals surface area contributed by atoms with E-state index < -0.39 is 0 Å². The topological polar surface area (TPSA) is 38.9 Å². The molecule has 0 saturated carbocycles. The Kier molecular flexibility index (Phi) is 3.53. The molecule has 1 heterocycles. The molecule has 12 heavy (non-hydrogen) atoms. The molecule has 0 aliphatic carbocycles. The molecule has 1 aromatic rings. The van der Waals surface area contributed by atoms with E-state index in [1.165, 1.54) is 0 Å². The minimum Gasteiger partial charge on any atom is -0.424 e. The van der Waals surface area contributed by atoms with E-state index in [0.717, 1.165) is 12.8 Å². The molecule has 0 aliphatic heterocycles. The Bertz CT molecular complexity index is 235. The fraction of sp³-hybridized carbons (Fsp3) is 0.750. The van der Waals surface area contributed by atoms with Gasteiger partial charge >= 0.3 is 0 Å². The van der Waals surface area contributed by atoms with Crippen molar-refractivity contribution in [2.75, 3.05) is 0 Å². The molecule has 0 aliphatic rings. The van der Waals surface area contributed by atoms with Crippen molar-refractivity contribution in [3.63, 3.8) is 0 Å². The summed E-state index contributed by atoms with van der Waals surface area (Å²) in [4.78, 5) is 0. The van der Waals surface area contributed by atoms with Crippen LogP contribution in [0.15, 0.2) is 4.42 Å². The van der Waals surface area contributed by atoms with Gasteiger partial charge in [0.1, 0.15) is 5.88 Å². The monoisotopic (exact) mass is 188 g/mol. The lowest BCUT2D eigenvalue weighted by molar-refractivity contribution is 0.440. The standard InChI is InChI=1S/C8H13ClN2O/c1-6(2)3-4-7-10-11-8(5-9)12-7/h6H,3-5H2,1-2H3. The lowest BCUT2D eigenvalue weighted by Crippen LogP contribution is -1.91.